The van der Waals surface area contributed by atoms with Crippen LogP contribution in [0.2, 0.25) is 0 Å². The topological polar surface area (TPSA) is 44.8 Å². The molecule has 4 nitrogen and oxygen atoms in total. The van der Waals surface area contributed by atoms with Gasteiger partial charge in [-0.25, -0.2) is 4.79 Å². The van der Waals surface area contributed by atoms with E-state index < -0.39 is 46.2 Å². The molecule has 0 N–H and O–H groups in total. The van der Waals surface area contributed by atoms with Crippen molar-refractivity contribution in [2.24, 2.45) is 0 Å². The van der Waals surface area contributed by atoms with Crippen LogP contribution in [0.1, 0.15) is 52.7 Å². The predicted molar refractivity (Wildman–Crippen MR) is 108 cm³/mol. The van der Waals surface area contributed by atoms with Gasteiger partial charge in [0.2, 0.25) is 0 Å². The summed E-state index contributed by atoms with van der Waals surface area (Å²) in [5.41, 5.74) is -3.76. The van der Waals surface area contributed by atoms with Gasteiger partial charge in [0, 0.05) is 18.3 Å². The fourth-order valence-electron chi connectivity index (χ4n) is 4.56. The van der Waals surface area contributed by atoms with Gasteiger partial charge in [-0.3, -0.25) is 0 Å². The largest absolute Gasteiger partial charge is 0.461 e. The third kappa shape index (κ3) is 5.07. The number of hydrogen-bond acceptors (Lipinski definition) is 4. The van der Waals surface area contributed by atoms with E-state index in [1.807, 2.05) is 30.3 Å². The molecule has 0 atom stereocenters. The number of esters is 1. The van der Waals surface area contributed by atoms with Gasteiger partial charge in [0.1, 0.15) is 6.61 Å². The van der Waals surface area contributed by atoms with Crippen LogP contribution in [-0.4, -0.2) is 31.6 Å². The van der Waals surface area contributed by atoms with Gasteiger partial charge in [-0.1, -0.05) is 30.3 Å². The van der Waals surface area contributed by atoms with Crippen molar-refractivity contribution in [1.29, 1.82) is 0 Å². The monoisotopic (exact) mass is 488 g/mol. The molecule has 1 heterocycles. The van der Waals surface area contributed by atoms with Crippen LogP contribution in [0.5, 0.6) is 0 Å². The van der Waals surface area contributed by atoms with Gasteiger partial charge in [0.15, 0.2) is 5.79 Å². The molecule has 2 aromatic rings. The first-order valence-corrected chi connectivity index (χ1v) is 10.7. The van der Waals surface area contributed by atoms with Crippen LogP contribution in [0.25, 0.3) is 0 Å². The second kappa shape index (κ2) is 8.88. The van der Waals surface area contributed by atoms with Crippen LogP contribution >= 0.6 is 0 Å². The molecule has 10 heteroatoms. The van der Waals surface area contributed by atoms with Crippen LogP contribution in [0.15, 0.2) is 48.5 Å². The molecule has 1 aliphatic heterocycles. The minimum Gasteiger partial charge on any atom is -0.461 e. The highest BCUT2D eigenvalue weighted by Crippen LogP contribution is 2.47. The molecule has 1 aliphatic carbocycles. The molecule has 2 aromatic carbocycles. The number of rotatable bonds is 4. The molecule has 0 unspecified atom stereocenters. The SMILES string of the molecule is O=C(OCC1(c2ccccc2)CCC2(CC1)OCCO2)c1cc(C(F)(F)F)cc(C(F)(F)F)c1. The molecule has 2 fully saturated rings. The standard InChI is InChI=1S/C24H22F6O4/c25-23(26,27)18-12-16(13-19(14-18)24(28,29)30)20(31)32-15-21(17-4-2-1-3-5-17)6-8-22(9-7-21)33-10-11-34-22/h1-5,12-14H,6-11,15H2. The number of hydrogen-bond donors (Lipinski definition) is 0. The van der Waals surface area contributed by atoms with Gasteiger partial charge in [0.05, 0.1) is 29.9 Å². The number of carbonyl (C=O) groups excluding carboxylic acids is 1. The molecule has 0 amide bonds. The predicted octanol–water partition coefficient (Wildman–Crippen LogP) is 6.14. The minimum atomic E-state index is -5.06. The Balaban J connectivity index is 1.58. The quantitative estimate of drug-likeness (QED) is 0.383. The Morgan fingerprint density at radius 3 is 1.85 bits per heavy atom. The highest BCUT2D eigenvalue weighted by atomic mass is 19.4. The summed E-state index contributed by atoms with van der Waals surface area (Å²) in [6.45, 7) is 0.748. The van der Waals surface area contributed by atoms with Crippen LogP contribution in [0.4, 0.5) is 26.3 Å². The maximum Gasteiger partial charge on any atom is 0.416 e. The summed E-state index contributed by atoms with van der Waals surface area (Å²) in [5, 5.41) is 0. The third-order valence-electron chi connectivity index (χ3n) is 6.47. The third-order valence-corrected chi connectivity index (χ3v) is 6.47. The maximum atomic E-state index is 13.2. The van der Waals surface area contributed by atoms with Gasteiger partial charge in [-0.15, -0.1) is 0 Å². The van der Waals surface area contributed by atoms with E-state index in [4.69, 9.17) is 14.2 Å². The zero-order valence-corrected chi connectivity index (χ0v) is 18.0. The first-order valence-electron chi connectivity index (χ1n) is 10.7. The smallest absolute Gasteiger partial charge is 0.416 e. The molecule has 184 valence electrons. The van der Waals surface area contributed by atoms with Gasteiger partial charge < -0.3 is 14.2 Å². The summed E-state index contributed by atoms with van der Waals surface area (Å²) in [7, 11) is 0. The maximum absolute atomic E-state index is 13.2. The Morgan fingerprint density at radius 1 is 0.824 bits per heavy atom. The second-order valence-corrected chi connectivity index (χ2v) is 8.62. The molecule has 34 heavy (non-hydrogen) atoms. The van der Waals surface area contributed by atoms with Crippen LogP contribution in [0.3, 0.4) is 0 Å². The highest BCUT2D eigenvalue weighted by molar-refractivity contribution is 5.90. The summed E-state index contributed by atoms with van der Waals surface area (Å²) in [6, 6.07) is 9.89. The number of alkyl halides is 6. The Labute approximate surface area is 191 Å². The normalized spacial score (nSPS) is 19.8. The fraction of sp³-hybridized carbons (Fsp3) is 0.458. The lowest BCUT2D eigenvalue weighted by molar-refractivity contribution is -0.187. The van der Waals surface area contributed by atoms with E-state index >= 15 is 0 Å². The molecular formula is C24H22F6O4. The van der Waals surface area contributed by atoms with Gasteiger partial charge in [-0.2, -0.15) is 26.3 Å². The van der Waals surface area contributed by atoms with Crippen molar-refractivity contribution in [1.82, 2.24) is 0 Å². The van der Waals surface area contributed by atoms with Crippen molar-refractivity contribution in [3.63, 3.8) is 0 Å². The van der Waals surface area contributed by atoms with E-state index in [1.54, 1.807) is 0 Å². The van der Waals surface area contributed by atoms with Crippen molar-refractivity contribution < 1.29 is 45.3 Å². The fourth-order valence-corrected chi connectivity index (χ4v) is 4.56. The Bertz CT molecular complexity index is 984. The lowest BCUT2D eigenvalue weighted by Gasteiger charge is -2.43. The average Bonchev–Trinajstić information content (AvgIpc) is 3.26. The van der Waals surface area contributed by atoms with Crippen LogP contribution in [0, 0.1) is 0 Å². The molecule has 4 rings (SSSR count). The Kier molecular flexibility index (Phi) is 6.41. The van der Waals surface area contributed by atoms with E-state index in [9.17, 15) is 31.1 Å². The lowest BCUT2D eigenvalue weighted by Crippen LogP contribution is -2.44. The summed E-state index contributed by atoms with van der Waals surface area (Å²) >= 11 is 0. The van der Waals surface area contributed by atoms with Crippen molar-refractivity contribution in [3.05, 3.63) is 70.8 Å². The summed E-state index contributed by atoms with van der Waals surface area (Å²) < 4.78 is 95.8. The second-order valence-electron chi connectivity index (χ2n) is 8.62. The van der Waals surface area contributed by atoms with Crippen LogP contribution in [-0.2, 0) is 32.0 Å². The average molecular weight is 488 g/mol. The number of halogens is 6. The molecule has 1 saturated carbocycles. The van der Waals surface area contributed by atoms with E-state index in [0.717, 1.165) is 5.56 Å². The summed E-state index contributed by atoms with van der Waals surface area (Å²) in [5.74, 6) is -1.95. The van der Waals surface area contributed by atoms with Gasteiger partial charge >= 0.3 is 18.3 Å². The van der Waals surface area contributed by atoms with Crippen LogP contribution < -0.4 is 0 Å². The van der Waals surface area contributed by atoms with Crippen molar-refractivity contribution in [2.45, 2.75) is 49.2 Å². The van der Waals surface area contributed by atoms with Crippen molar-refractivity contribution in [2.75, 3.05) is 19.8 Å². The molecule has 1 saturated heterocycles. The summed E-state index contributed by atoms with van der Waals surface area (Å²) in [4.78, 5) is 12.7. The first-order chi connectivity index (χ1) is 15.9. The molecular weight excluding hydrogens is 466 g/mol. The van der Waals surface area contributed by atoms with Gasteiger partial charge in [-0.05, 0) is 36.6 Å². The zero-order chi connectivity index (χ0) is 24.6. The minimum absolute atomic E-state index is 0.0234. The van der Waals surface area contributed by atoms with E-state index in [2.05, 4.69) is 0 Å². The molecule has 1 spiro atoms. The molecule has 2 aliphatic rings. The first kappa shape index (κ1) is 24.5. The zero-order valence-electron chi connectivity index (χ0n) is 18.0. The van der Waals surface area contributed by atoms with E-state index in [0.29, 0.717) is 51.0 Å². The lowest BCUT2D eigenvalue weighted by atomic mass is 9.68. The molecule has 0 bridgehead atoms. The van der Waals surface area contributed by atoms with E-state index in [-0.39, 0.29) is 12.7 Å². The highest BCUT2D eigenvalue weighted by Gasteiger charge is 2.48. The van der Waals surface area contributed by atoms with Crippen molar-refractivity contribution >= 4 is 5.97 Å². The molecule has 0 radical (unpaired) electrons. The van der Waals surface area contributed by atoms with Gasteiger partial charge in [0.25, 0.3) is 0 Å². The van der Waals surface area contributed by atoms with E-state index in [1.165, 1.54) is 0 Å². The van der Waals surface area contributed by atoms with Crippen molar-refractivity contribution in [3.8, 4) is 0 Å². The Hall–Kier alpha value is -2.59. The number of carbonyl (C=O) groups is 1. The molecule has 0 aromatic heterocycles. The number of ether oxygens (including phenoxy) is 3. The Morgan fingerprint density at radius 2 is 1.35 bits per heavy atom. The number of benzene rings is 2. The summed E-state index contributed by atoms with van der Waals surface area (Å²) in [6.07, 6.45) is -8.08.